The number of rotatable bonds is 6. The summed E-state index contributed by atoms with van der Waals surface area (Å²) in [5, 5.41) is 11.4. The Morgan fingerprint density at radius 2 is 2.11 bits per heavy atom. The summed E-state index contributed by atoms with van der Waals surface area (Å²) in [5.41, 5.74) is 0.383. The van der Waals surface area contributed by atoms with Crippen molar-refractivity contribution in [2.24, 2.45) is 0 Å². The number of aromatic nitrogens is 1. The van der Waals surface area contributed by atoms with Gasteiger partial charge in [-0.15, -0.1) is 12.3 Å². The van der Waals surface area contributed by atoms with Crippen molar-refractivity contribution in [1.29, 1.82) is 0 Å². The van der Waals surface area contributed by atoms with E-state index < -0.39 is 17.9 Å². The van der Waals surface area contributed by atoms with Gasteiger partial charge in [-0.3, -0.25) is 9.78 Å². The highest BCUT2D eigenvalue weighted by molar-refractivity contribution is 5.96. The Hall–Kier alpha value is -2.35. The Balaban J connectivity index is 2.59. The molecule has 5 nitrogen and oxygen atoms in total. The van der Waals surface area contributed by atoms with E-state index in [-0.39, 0.29) is 0 Å². The number of aliphatic carboxylic acids is 1. The molecule has 1 aromatic heterocycles. The number of amides is 1. The minimum absolute atomic E-state index is 0.316. The molecule has 0 fully saturated rings. The molecule has 0 saturated carbocycles. The number of nitrogens with one attached hydrogen (secondary N) is 1. The average Bonchev–Trinajstić information content (AvgIpc) is 2.38. The van der Waals surface area contributed by atoms with Crippen LogP contribution in [0.3, 0.4) is 0 Å². The van der Waals surface area contributed by atoms with Gasteiger partial charge in [0.2, 0.25) is 0 Å². The van der Waals surface area contributed by atoms with E-state index in [1.54, 1.807) is 0 Å². The normalized spacial score (nSPS) is 11.3. The molecule has 0 spiro atoms. The van der Waals surface area contributed by atoms with Crippen molar-refractivity contribution in [2.75, 3.05) is 0 Å². The third-order valence-corrected chi connectivity index (χ3v) is 2.36. The molecule has 1 amide bonds. The molecule has 0 aromatic carbocycles. The summed E-state index contributed by atoms with van der Waals surface area (Å²) >= 11 is 0. The molecule has 0 radical (unpaired) electrons. The second-order valence-electron chi connectivity index (χ2n) is 3.70. The topological polar surface area (TPSA) is 79.3 Å². The quantitative estimate of drug-likeness (QED) is 0.581. The van der Waals surface area contributed by atoms with Crippen molar-refractivity contribution in [3.63, 3.8) is 0 Å². The number of unbranched alkanes of at least 4 members (excludes halogenated alkanes) is 1. The third kappa shape index (κ3) is 4.26. The molecule has 0 unspecified atom stereocenters. The lowest BCUT2D eigenvalue weighted by atomic mass is 10.1. The van der Waals surface area contributed by atoms with Crippen LogP contribution in [-0.4, -0.2) is 28.0 Å². The number of carboxylic acid groups (broad SMARTS) is 1. The summed E-state index contributed by atoms with van der Waals surface area (Å²) in [4.78, 5) is 26.5. The number of pyridine rings is 1. The van der Waals surface area contributed by atoms with Gasteiger partial charge >= 0.3 is 5.97 Å². The molecule has 18 heavy (non-hydrogen) atoms. The van der Waals surface area contributed by atoms with Crippen molar-refractivity contribution in [3.05, 3.63) is 30.1 Å². The molecule has 1 aromatic rings. The first-order chi connectivity index (χ1) is 8.65. The molecule has 5 heteroatoms. The van der Waals surface area contributed by atoms with Gasteiger partial charge in [-0.25, -0.2) is 4.79 Å². The molecule has 1 rings (SSSR count). The molecular formula is C13H14N2O3. The highest BCUT2D eigenvalue weighted by Crippen LogP contribution is 2.03. The Labute approximate surface area is 105 Å². The molecule has 1 atom stereocenters. The Bertz CT molecular complexity index is 451. The van der Waals surface area contributed by atoms with Crippen molar-refractivity contribution < 1.29 is 14.7 Å². The number of carbonyl (C=O) groups is 2. The maximum Gasteiger partial charge on any atom is 0.326 e. The molecule has 2 N–H and O–H groups in total. The predicted octanol–water partition coefficient (Wildman–Crippen LogP) is 1.07. The predicted molar refractivity (Wildman–Crippen MR) is 65.8 cm³/mol. The van der Waals surface area contributed by atoms with E-state index in [0.29, 0.717) is 24.8 Å². The number of nitrogens with zero attached hydrogens (tertiary/aromatic N) is 1. The van der Waals surface area contributed by atoms with Crippen LogP contribution < -0.4 is 5.32 Å². The first-order valence-corrected chi connectivity index (χ1v) is 5.52. The van der Waals surface area contributed by atoms with Crippen LogP contribution in [0.2, 0.25) is 0 Å². The minimum Gasteiger partial charge on any atom is -0.480 e. The van der Waals surface area contributed by atoms with E-state index in [2.05, 4.69) is 16.2 Å². The zero-order chi connectivity index (χ0) is 13.4. The lowest BCUT2D eigenvalue weighted by Gasteiger charge is -2.13. The zero-order valence-electron chi connectivity index (χ0n) is 9.80. The van der Waals surface area contributed by atoms with Crippen LogP contribution in [-0.2, 0) is 4.79 Å². The molecule has 94 valence electrons. The fraction of sp³-hybridized carbons (Fsp3) is 0.308. The third-order valence-electron chi connectivity index (χ3n) is 2.36. The van der Waals surface area contributed by atoms with Crippen LogP contribution in [0.4, 0.5) is 0 Å². The van der Waals surface area contributed by atoms with E-state index in [0.717, 1.165) is 0 Å². The molecular weight excluding hydrogens is 232 g/mol. The number of hydrogen-bond donors (Lipinski definition) is 2. The second kappa shape index (κ2) is 7.07. The summed E-state index contributed by atoms with van der Waals surface area (Å²) < 4.78 is 0. The van der Waals surface area contributed by atoms with Crippen LogP contribution in [0.15, 0.2) is 24.5 Å². The van der Waals surface area contributed by atoms with Crippen molar-refractivity contribution in [2.45, 2.75) is 25.3 Å². The Morgan fingerprint density at radius 1 is 1.44 bits per heavy atom. The molecule has 0 bridgehead atoms. The number of hydrogen-bond acceptors (Lipinski definition) is 3. The summed E-state index contributed by atoms with van der Waals surface area (Å²) in [5.74, 6) is 0.947. The van der Waals surface area contributed by atoms with Crippen LogP contribution in [0.1, 0.15) is 29.6 Å². The van der Waals surface area contributed by atoms with Crippen LogP contribution in [0, 0.1) is 12.3 Å². The van der Waals surface area contributed by atoms with E-state index in [1.807, 2.05) is 0 Å². The molecule has 0 aliphatic carbocycles. The highest BCUT2D eigenvalue weighted by atomic mass is 16.4. The summed E-state index contributed by atoms with van der Waals surface area (Å²) in [6.45, 7) is 0. The SMILES string of the molecule is C#CCCC[C@H](NC(=O)c1ccncc1)C(=O)O. The Kier molecular flexibility index (Phi) is 5.39. The zero-order valence-corrected chi connectivity index (χ0v) is 9.80. The van der Waals surface area contributed by atoms with E-state index in [4.69, 9.17) is 11.5 Å². The van der Waals surface area contributed by atoms with Crippen molar-refractivity contribution in [1.82, 2.24) is 10.3 Å². The van der Waals surface area contributed by atoms with Gasteiger partial charge in [0.15, 0.2) is 0 Å². The first kappa shape index (κ1) is 13.7. The number of carbonyl (C=O) groups excluding carboxylic acids is 1. The summed E-state index contributed by atoms with van der Waals surface area (Å²) in [7, 11) is 0. The first-order valence-electron chi connectivity index (χ1n) is 5.52. The number of terminal acetylenes is 1. The lowest BCUT2D eigenvalue weighted by Crippen LogP contribution is -2.40. The van der Waals surface area contributed by atoms with Gasteiger partial charge in [0.05, 0.1) is 0 Å². The van der Waals surface area contributed by atoms with Crippen molar-refractivity contribution >= 4 is 11.9 Å². The largest absolute Gasteiger partial charge is 0.480 e. The minimum atomic E-state index is -1.06. The summed E-state index contributed by atoms with van der Waals surface area (Å²) in [6.07, 6.45) is 9.41. The molecule has 0 saturated heterocycles. The van der Waals surface area contributed by atoms with Crippen LogP contribution in [0.5, 0.6) is 0 Å². The monoisotopic (exact) mass is 246 g/mol. The fourth-order valence-corrected chi connectivity index (χ4v) is 1.41. The van der Waals surface area contributed by atoms with E-state index >= 15 is 0 Å². The standard InChI is InChI=1S/C13H14N2O3/c1-2-3-4-5-11(13(17)18)15-12(16)10-6-8-14-9-7-10/h1,6-9,11H,3-5H2,(H,15,16)(H,17,18)/t11-/m0/s1. The summed E-state index contributed by atoms with van der Waals surface area (Å²) in [6, 6.07) is 2.13. The maximum absolute atomic E-state index is 11.7. The van der Waals surface area contributed by atoms with Gasteiger partial charge in [-0.1, -0.05) is 0 Å². The second-order valence-corrected chi connectivity index (χ2v) is 3.70. The molecule has 0 aliphatic heterocycles. The van der Waals surface area contributed by atoms with Crippen LogP contribution in [0.25, 0.3) is 0 Å². The smallest absolute Gasteiger partial charge is 0.326 e. The van der Waals surface area contributed by atoms with Crippen molar-refractivity contribution in [3.8, 4) is 12.3 Å². The van der Waals surface area contributed by atoms with Crippen LogP contribution >= 0.6 is 0 Å². The lowest BCUT2D eigenvalue weighted by molar-refractivity contribution is -0.139. The average molecular weight is 246 g/mol. The Morgan fingerprint density at radius 3 is 2.67 bits per heavy atom. The van der Waals surface area contributed by atoms with Gasteiger partial charge < -0.3 is 10.4 Å². The molecule has 1 heterocycles. The van der Waals surface area contributed by atoms with E-state index in [9.17, 15) is 9.59 Å². The van der Waals surface area contributed by atoms with Gasteiger partial charge in [0.1, 0.15) is 6.04 Å². The maximum atomic E-state index is 11.7. The van der Waals surface area contributed by atoms with E-state index in [1.165, 1.54) is 24.5 Å². The number of carboxylic acids is 1. The van der Waals surface area contributed by atoms with Gasteiger partial charge in [-0.2, -0.15) is 0 Å². The van der Waals surface area contributed by atoms with Gasteiger partial charge in [-0.05, 0) is 25.0 Å². The molecule has 0 aliphatic rings. The highest BCUT2D eigenvalue weighted by Gasteiger charge is 2.19. The van der Waals surface area contributed by atoms with Gasteiger partial charge in [0.25, 0.3) is 5.91 Å². The van der Waals surface area contributed by atoms with Gasteiger partial charge in [0, 0.05) is 24.4 Å². The fourth-order valence-electron chi connectivity index (χ4n) is 1.41.